The van der Waals surface area contributed by atoms with Crippen LogP contribution < -0.4 is 10.5 Å². The van der Waals surface area contributed by atoms with Gasteiger partial charge < -0.3 is 15.2 Å². The summed E-state index contributed by atoms with van der Waals surface area (Å²) in [4.78, 5) is 11.1. The van der Waals surface area contributed by atoms with E-state index < -0.39 is 11.7 Å². The lowest BCUT2D eigenvalue weighted by Crippen LogP contribution is -2.36. The second-order valence-corrected chi connectivity index (χ2v) is 5.47. The van der Waals surface area contributed by atoms with Gasteiger partial charge in [-0.15, -0.1) is 0 Å². The molecule has 0 radical (unpaired) electrons. The van der Waals surface area contributed by atoms with E-state index >= 15 is 0 Å². The number of rotatable bonds is 2. The van der Waals surface area contributed by atoms with Crippen LogP contribution in [0.2, 0.25) is 0 Å². The number of carbonyl (C=O) groups is 1. The first-order chi connectivity index (χ1) is 10.5. The molecule has 0 aliphatic carbocycles. The first-order valence-corrected chi connectivity index (χ1v) is 7.00. The average molecular weight is 301 g/mol. The van der Waals surface area contributed by atoms with Gasteiger partial charge >= 0.3 is 6.09 Å². The Morgan fingerprint density at radius 2 is 2.05 bits per heavy atom. The van der Waals surface area contributed by atoms with Crippen LogP contribution in [0.5, 0.6) is 5.75 Å². The van der Waals surface area contributed by atoms with E-state index in [0.29, 0.717) is 18.8 Å². The highest BCUT2D eigenvalue weighted by molar-refractivity contribution is 5.68. The van der Waals surface area contributed by atoms with Crippen molar-refractivity contribution in [1.82, 2.24) is 0 Å². The van der Waals surface area contributed by atoms with Gasteiger partial charge in [0.05, 0.1) is 6.61 Å². The molecule has 114 valence electrons. The third kappa shape index (κ3) is 2.62. The molecule has 4 nitrogen and oxygen atoms in total. The number of hydrogen-bond acceptors (Lipinski definition) is 3. The van der Waals surface area contributed by atoms with Crippen LogP contribution in [0.15, 0.2) is 42.5 Å². The molecule has 1 heterocycles. The Kier molecular flexibility index (Phi) is 3.48. The Morgan fingerprint density at radius 3 is 2.77 bits per heavy atom. The SMILES string of the molecule is CC1(OC(N)=O)CCOc2cc(-c3cccc(F)c3)ccc21. The molecule has 22 heavy (non-hydrogen) atoms. The average Bonchev–Trinajstić information content (AvgIpc) is 2.46. The highest BCUT2D eigenvalue weighted by Crippen LogP contribution is 2.41. The van der Waals surface area contributed by atoms with Crippen LogP contribution in [0.1, 0.15) is 18.9 Å². The molecule has 1 unspecified atom stereocenters. The molecule has 0 fully saturated rings. The van der Waals surface area contributed by atoms with Crippen molar-refractivity contribution in [3.63, 3.8) is 0 Å². The fraction of sp³-hybridized carbons (Fsp3) is 0.235. The number of primary amides is 1. The van der Waals surface area contributed by atoms with Gasteiger partial charge in [0.25, 0.3) is 0 Å². The number of ether oxygens (including phenoxy) is 2. The monoisotopic (exact) mass is 301 g/mol. The maximum absolute atomic E-state index is 13.4. The summed E-state index contributed by atoms with van der Waals surface area (Å²) in [5, 5.41) is 0. The molecule has 0 saturated heterocycles. The maximum atomic E-state index is 13.4. The van der Waals surface area contributed by atoms with E-state index in [1.165, 1.54) is 12.1 Å². The van der Waals surface area contributed by atoms with Crippen molar-refractivity contribution in [2.24, 2.45) is 5.73 Å². The fourth-order valence-corrected chi connectivity index (χ4v) is 2.74. The Bertz CT molecular complexity index is 732. The summed E-state index contributed by atoms with van der Waals surface area (Å²) in [5.74, 6) is 0.329. The lowest BCUT2D eigenvalue weighted by Gasteiger charge is -2.34. The molecule has 0 spiro atoms. The zero-order valence-corrected chi connectivity index (χ0v) is 12.1. The van der Waals surface area contributed by atoms with Gasteiger partial charge in [0.2, 0.25) is 0 Å². The molecule has 1 aliphatic rings. The van der Waals surface area contributed by atoms with Gasteiger partial charge in [-0.3, -0.25) is 0 Å². The maximum Gasteiger partial charge on any atom is 0.405 e. The van der Waals surface area contributed by atoms with Crippen molar-refractivity contribution >= 4 is 6.09 Å². The minimum absolute atomic E-state index is 0.293. The van der Waals surface area contributed by atoms with Gasteiger partial charge in [0.15, 0.2) is 0 Å². The van der Waals surface area contributed by atoms with Gasteiger partial charge in [-0.1, -0.05) is 24.3 Å². The molecule has 3 rings (SSSR count). The molecule has 0 saturated carbocycles. The van der Waals surface area contributed by atoms with Gasteiger partial charge in [0, 0.05) is 12.0 Å². The van der Waals surface area contributed by atoms with E-state index in [-0.39, 0.29) is 5.82 Å². The summed E-state index contributed by atoms with van der Waals surface area (Å²) in [7, 11) is 0. The molecular weight excluding hydrogens is 285 g/mol. The van der Waals surface area contributed by atoms with Crippen molar-refractivity contribution in [1.29, 1.82) is 0 Å². The van der Waals surface area contributed by atoms with E-state index in [4.69, 9.17) is 15.2 Å². The third-order valence-electron chi connectivity index (χ3n) is 3.87. The second kappa shape index (κ2) is 5.33. The summed E-state index contributed by atoms with van der Waals surface area (Å²) in [6, 6.07) is 11.9. The molecule has 5 heteroatoms. The lowest BCUT2D eigenvalue weighted by molar-refractivity contribution is -0.00280. The molecule has 1 aliphatic heterocycles. The third-order valence-corrected chi connectivity index (χ3v) is 3.87. The highest BCUT2D eigenvalue weighted by atomic mass is 19.1. The van der Waals surface area contributed by atoms with Crippen LogP contribution in [-0.2, 0) is 10.3 Å². The smallest absolute Gasteiger partial charge is 0.405 e. The molecule has 2 aromatic rings. The Balaban J connectivity index is 2.02. The molecule has 0 bridgehead atoms. The van der Waals surface area contributed by atoms with Gasteiger partial charge in [-0.05, 0) is 36.2 Å². The molecular formula is C17H16FNO3. The summed E-state index contributed by atoms with van der Waals surface area (Å²) in [6.45, 7) is 2.23. The molecule has 2 N–H and O–H groups in total. The van der Waals surface area contributed by atoms with E-state index in [0.717, 1.165) is 16.7 Å². The minimum Gasteiger partial charge on any atom is -0.493 e. The molecule has 0 aromatic heterocycles. The second-order valence-electron chi connectivity index (χ2n) is 5.47. The van der Waals surface area contributed by atoms with E-state index in [9.17, 15) is 9.18 Å². The standard InChI is InChI=1S/C17H16FNO3/c1-17(22-16(19)20)7-8-21-15-10-12(5-6-14(15)17)11-3-2-4-13(18)9-11/h2-6,9-10H,7-8H2,1H3,(H2,19,20). The predicted molar refractivity (Wildman–Crippen MR) is 80.0 cm³/mol. The first-order valence-electron chi connectivity index (χ1n) is 7.00. The number of hydrogen-bond donors (Lipinski definition) is 1. The minimum atomic E-state index is -0.815. The number of benzene rings is 2. The van der Waals surface area contributed by atoms with Gasteiger partial charge in [0.1, 0.15) is 17.2 Å². The largest absolute Gasteiger partial charge is 0.493 e. The number of halogens is 1. The summed E-state index contributed by atoms with van der Waals surface area (Å²) >= 11 is 0. The fourth-order valence-electron chi connectivity index (χ4n) is 2.74. The van der Waals surface area contributed by atoms with Crippen molar-refractivity contribution in [2.75, 3.05) is 6.61 Å². The van der Waals surface area contributed by atoms with Crippen molar-refractivity contribution < 1.29 is 18.7 Å². The first kappa shape index (κ1) is 14.4. The zero-order valence-electron chi connectivity index (χ0n) is 12.1. The number of carbonyl (C=O) groups excluding carboxylic acids is 1. The van der Waals surface area contributed by atoms with Crippen LogP contribution in [0.4, 0.5) is 9.18 Å². The predicted octanol–water partition coefficient (Wildman–Crippen LogP) is 3.59. The summed E-state index contributed by atoms with van der Waals surface area (Å²) in [5.41, 5.74) is 6.71. The van der Waals surface area contributed by atoms with E-state index in [2.05, 4.69) is 0 Å². The van der Waals surface area contributed by atoms with Crippen LogP contribution >= 0.6 is 0 Å². The summed E-state index contributed by atoms with van der Waals surface area (Å²) in [6.07, 6.45) is -0.285. The highest BCUT2D eigenvalue weighted by Gasteiger charge is 2.36. The van der Waals surface area contributed by atoms with E-state index in [1.54, 1.807) is 13.0 Å². The normalized spacial score (nSPS) is 19.9. The van der Waals surface area contributed by atoms with Crippen molar-refractivity contribution in [3.05, 3.63) is 53.8 Å². The Morgan fingerprint density at radius 1 is 1.27 bits per heavy atom. The van der Waals surface area contributed by atoms with Crippen molar-refractivity contribution in [3.8, 4) is 16.9 Å². The topological polar surface area (TPSA) is 61.5 Å². The molecule has 1 amide bonds. The Hall–Kier alpha value is -2.56. The Labute approximate surface area is 127 Å². The van der Waals surface area contributed by atoms with Gasteiger partial charge in [-0.25, -0.2) is 9.18 Å². The lowest BCUT2D eigenvalue weighted by atomic mass is 9.88. The number of nitrogens with two attached hydrogens (primary N) is 1. The van der Waals surface area contributed by atoms with Crippen LogP contribution in [0.25, 0.3) is 11.1 Å². The quantitative estimate of drug-likeness (QED) is 0.922. The van der Waals surface area contributed by atoms with Gasteiger partial charge in [-0.2, -0.15) is 0 Å². The summed E-state index contributed by atoms with van der Waals surface area (Å²) < 4.78 is 24.3. The molecule has 2 aromatic carbocycles. The van der Waals surface area contributed by atoms with Crippen LogP contribution in [0, 0.1) is 5.82 Å². The number of fused-ring (bicyclic) bond motifs is 1. The van der Waals surface area contributed by atoms with Crippen molar-refractivity contribution in [2.45, 2.75) is 18.9 Å². The number of amides is 1. The zero-order chi connectivity index (χ0) is 15.7. The molecule has 1 atom stereocenters. The van der Waals surface area contributed by atoms with Crippen LogP contribution in [-0.4, -0.2) is 12.7 Å². The van der Waals surface area contributed by atoms with Crippen LogP contribution in [0.3, 0.4) is 0 Å². The van der Waals surface area contributed by atoms with E-state index in [1.807, 2.05) is 24.3 Å².